The lowest BCUT2D eigenvalue weighted by Gasteiger charge is -2.21. The van der Waals surface area contributed by atoms with Crippen LogP contribution in [-0.4, -0.2) is 44.6 Å². The number of nitrogens with zero attached hydrogens (tertiary/aromatic N) is 4. The van der Waals surface area contributed by atoms with Gasteiger partial charge >= 0.3 is 5.97 Å². The fourth-order valence-electron chi connectivity index (χ4n) is 3.31. The average molecular weight is 359 g/mol. The van der Waals surface area contributed by atoms with E-state index in [1.807, 2.05) is 19.9 Å². The number of rotatable bonds is 6. The minimum absolute atomic E-state index is 0.0856. The molecule has 1 fully saturated rings. The Morgan fingerprint density at radius 3 is 2.77 bits per heavy atom. The molecule has 2 aromatic rings. The van der Waals surface area contributed by atoms with E-state index in [4.69, 9.17) is 4.74 Å². The molecule has 0 unspecified atom stereocenters. The van der Waals surface area contributed by atoms with Gasteiger partial charge in [0, 0.05) is 17.9 Å². The highest BCUT2D eigenvalue weighted by Gasteiger charge is 2.16. The molecular weight excluding hydrogens is 334 g/mol. The number of ether oxygens (including phenoxy) is 1. The smallest absolute Gasteiger partial charge is 0.314 e. The third-order valence-electron chi connectivity index (χ3n) is 4.64. The summed E-state index contributed by atoms with van der Waals surface area (Å²) in [5.41, 5.74) is 1.73. The lowest BCUT2D eigenvalue weighted by Crippen LogP contribution is -2.33. The Morgan fingerprint density at radius 2 is 2.00 bits per heavy atom. The summed E-state index contributed by atoms with van der Waals surface area (Å²) in [6.45, 7) is 4.17. The van der Waals surface area contributed by atoms with E-state index in [9.17, 15) is 9.59 Å². The van der Waals surface area contributed by atoms with Gasteiger partial charge in [-0.25, -0.2) is 9.50 Å². The van der Waals surface area contributed by atoms with E-state index in [0.717, 1.165) is 24.2 Å². The largest absolute Gasteiger partial charge is 0.455 e. The molecule has 0 atom stereocenters. The fourth-order valence-corrected chi connectivity index (χ4v) is 3.31. The summed E-state index contributed by atoms with van der Waals surface area (Å²) >= 11 is 0. The van der Waals surface area contributed by atoms with Crippen LogP contribution in [0.4, 0.5) is 0 Å². The Bertz CT molecular complexity index is 795. The van der Waals surface area contributed by atoms with E-state index >= 15 is 0 Å². The third-order valence-corrected chi connectivity index (χ3v) is 4.64. The highest BCUT2D eigenvalue weighted by atomic mass is 16.5. The van der Waals surface area contributed by atoms with E-state index < -0.39 is 5.97 Å². The summed E-state index contributed by atoms with van der Waals surface area (Å²) in [6.07, 6.45) is 5.98. The van der Waals surface area contributed by atoms with Gasteiger partial charge in [-0.05, 0) is 38.7 Å². The molecule has 1 aliphatic carbocycles. The lowest BCUT2D eigenvalue weighted by atomic mass is 9.89. The van der Waals surface area contributed by atoms with Gasteiger partial charge in [-0.3, -0.25) is 9.59 Å². The topological polar surface area (TPSA) is 98.5 Å². The van der Waals surface area contributed by atoms with Crippen molar-refractivity contribution in [1.29, 1.82) is 0 Å². The summed E-state index contributed by atoms with van der Waals surface area (Å²) in [4.78, 5) is 32.3. The zero-order valence-corrected chi connectivity index (χ0v) is 15.3. The van der Waals surface area contributed by atoms with Crippen LogP contribution in [0.3, 0.4) is 0 Å². The van der Waals surface area contributed by atoms with Crippen LogP contribution in [0.25, 0.3) is 5.78 Å². The van der Waals surface area contributed by atoms with E-state index in [2.05, 4.69) is 20.4 Å². The molecule has 8 nitrogen and oxygen atoms in total. The summed E-state index contributed by atoms with van der Waals surface area (Å²) < 4.78 is 6.63. The Morgan fingerprint density at radius 1 is 1.23 bits per heavy atom. The maximum atomic E-state index is 11.9. The minimum atomic E-state index is -0.525. The van der Waals surface area contributed by atoms with Gasteiger partial charge in [-0.2, -0.15) is 4.98 Å². The molecule has 0 spiro atoms. The lowest BCUT2D eigenvalue weighted by molar-refractivity contribution is -0.148. The number of carbonyl (C=O) groups is 2. The van der Waals surface area contributed by atoms with Crippen LogP contribution < -0.4 is 5.32 Å². The van der Waals surface area contributed by atoms with Gasteiger partial charge in [-0.1, -0.05) is 19.3 Å². The van der Waals surface area contributed by atoms with Crippen molar-refractivity contribution in [2.75, 3.05) is 13.2 Å². The molecule has 0 aromatic carbocycles. The maximum absolute atomic E-state index is 11.9. The Kier molecular flexibility index (Phi) is 5.80. The first-order chi connectivity index (χ1) is 12.5. The predicted molar refractivity (Wildman–Crippen MR) is 94.5 cm³/mol. The summed E-state index contributed by atoms with van der Waals surface area (Å²) in [5, 5.41) is 7.10. The van der Waals surface area contributed by atoms with Crippen molar-refractivity contribution in [2.45, 2.75) is 52.4 Å². The zero-order valence-electron chi connectivity index (χ0n) is 15.3. The third kappa shape index (κ3) is 4.77. The Hall–Kier alpha value is -2.51. The number of hydrogen-bond acceptors (Lipinski definition) is 6. The van der Waals surface area contributed by atoms with Gasteiger partial charge in [0.05, 0.1) is 0 Å². The molecule has 0 radical (unpaired) electrons. The van der Waals surface area contributed by atoms with Crippen molar-refractivity contribution in [3.05, 3.63) is 23.3 Å². The molecule has 1 saturated carbocycles. The van der Waals surface area contributed by atoms with Crippen LogP contribution in [0.15, 0.2) is 6.07 Å². The van der Waals surface area contributed by atoms with Gasteiger partial charge in [0.1, 0.15) is 6.42 Å². The molecule has 2 aromatic heterocycles. The molecule has 8 heteroatoms. The molecule has 1 N–H and O–H groups in total. The summed E-state index contributed by atoms with van der Waals surface area (Å²) in [7, 11) is 0. The first-order valence-corrected chi connectivity index (χ1v) is 9.13. The van der Waals surface area contributed by atoms with Crippen LogP contribution in [0.2, 0.25) is 0 Å². The number of aromatic nitrogens is 4. The van der Waals surface area contributed by atoms with E-state index in [0.29, 0.717) is 24.1 Å². The van der Waals surface area contributed by atoms with Crippen LogP contribution in [0.1, 0.15) is 49.3 Å². The number of esters is 1. The average Bonchev–Trinajstić information content (AvgIpc) is 3.01. The molecule has 0 saturated heterocycles. The van der Waals surface area contributed by atoms with Crippen LogP contribution >= 0.6 is 0 Å². The second-order valence-electron chi connectivity index (χ2n) is 6.92. The quantitative estimate of drug-likeness (QED) is 0.785. The van der Waals surface area contributed by atoms with E-state index in [-0.39, 0.29) is 18.9 Å². The van der Waals surface area contributed by atoms with Gasteiger partial charge in [-0.15, -0.1) is 5.10 Å². The molecule has 140 valence electrons. The van der Waals surface area contributed by atoms with Crippen molar-refractivity contribution in [2.24, 2.45) is 5.92 Å². The van der Waals surface area contributed by atoms with Crippen molar-refractivity contribution in [3.8, 4) is 0 Å². The second kappa shape index (κ2) is 8.25. The van der Waals surface area contributed by atoms with E-state index in [1.165, 1.54) is 19.3 Å². The highest BCUT2D eigenvalue weighted by Crippen LogP contribution is 2.22. The maximum Gasteiger partial charge on any atom is 0.314 e. The molecule has 26 heavy (non-hydrogen) atoms. The minimum Gasteiger partial charge on any atom is -0.455 e. The monoisotopic (exact) mass is 359 g/mol. The van der Waals surface area contributed by atoms with Crippen molar-refractivity contribution in [1.82, 2.24) is 24.9 Å². The summed E-state index contributed by atoms with van der Waals surface area (Å²) in [5.74, 6) is 0.544. The molecule has 1 aliphatic rings. The molecule has 3 rings (SSSR count). The highest BCUT2D eigenvalue weighted by molar-refractivity contribution is 5.80. The number of nitrogens with one attached hydrogen (secondary N) is 1. The van der Waals surface area contributed by atoms with Gasteiger partial charge in [0.2, 0.25) is 0 Å². The molecule has 2 heterocycles. The number of hydrogen-bond donors (Lipinski definition) is 1. The van der Waals surface area contributed by atoms with Crippen LogP contribution in [0.5, 0.6) is 0 Å². The molecular formula is C18H25N5O3. The second-order valence-corrected chi connectivity index (χ2v) is 6.92. The van der Waals surface area contributed by atoms with Crippen molar-refractivity contribution >= 4 is 17.7 Å². The van der Waals surface area contributed by atoms with Crippen LogP contribution in [0, 0.1) is 19.8 Å². The summed E-state index contributed by atoms with van der Waals surface area (Å²) in [6, 6.07) is 1.89. The van der Waals surface area contributed by atoms with Crippen LogP contribution in [-0.2, 0) is 20.7 Å². The Labute approximate surface area is 152 Å². The first-order valence-electron chi connectivity index (χ1n) is 9.13. The number of amides is 1. The molecule has 0 aliphatic heterocycles. The van der Waals surface area contributed by atoms with Gasteiger partial charge in [0.25, 0.3) is 11.7 Å². The first kappa shape index (κ1) is 18.3. The molecule has 0 bridgehead atoms. The number of carbonyl (C=O) groups excluding carboxylic acids is 2. The molecule has 1 amide bonds. The number of aryl methyl sites for hydroxylation is 2. The standard InChI is InChI=1S/C18H25N5O3/c1-12-8-13(2)23-18(20-12)21-15(22-23)9-17(25)26-11-16(24)19-10-14-6-4-3-5-7-14/h8,14H,3-7,9-11H2,1-2H3,(H,19,24). The SMILES string of the molecule is Cc1cc(C)n2nc(CC(=O)OCC(=O)NCC3CCCCC3)nc2n1. The van der Waals surface area contributed by atoms with E-state index in [1.54, 1.807) is 4.52 Å². The Balaban J connectivity index is 1.45. The predicted octanol–water partition coefficient (Wildman–Crippen LogP) is 1.52. The number of fused-ring (bicyclic) bond motifs is 1. The normalized spacial score (nSPS) is 15.2. The van der Waals surface area contributed by atoms with Crippen molar-refractivity contribution < 1.29 is 14.3 Å². The zero-order chi connectivity index (χ0) is 18.5. The van der Waals surface area contributed by atoms with Crippen molar-refractivity contribution in [3.63, 3.8) is 0 Å². The van der Waals surface area contributed by atoms with Gasteiger partial charge in [0.15, 0.2) is 12.4 Å². The fraction of sp³-hybridized carbons (Fsp3) is 0.611. The van der Waals surface area contributed by atoms with Gasteiger partial charge < -0.3 is 10.1 Å².